The average Bonchev–Trinajstić information content (AvgIpc) is 2.70. The summed E-state index contributed by atoms with van der Waals surface area (Å²) in [4.78, 5) is 41.0. The Balaban J connectivity index is 1.92. The molecule has 1 aromatic rings. The number of amides is 3. The molecule has 8 nitrogen and oxygen atoms in total. The molecule has 3 N–H and O–H groups in total. The summed E-state index contributed by atoms with van der Waals surface area (Å²) in [6, 6.07) is 5.80. The van der Waals surface area contributed by atoms with Gasteiger partial charge in [0.15, 0.2) is 0 Å². The molecule has 2 heterocycles. The van der Waals surface area contributed by atoms with Crippen LogP contribution in [-0.4, -0.2) is 66.2 Å². The molecule has 0 aliphatic carbocycles. The van der Waals surface area contributed by atoms with Crippen molar-refractivity contribution in [3.05, 3.63) is 29.3 Å². The van der Waals surface area contributed by atoms with Gasteiger partial charge in [0.25, 0.3) is 5.91 Å². The van der Waals surface area contributed by atoms with E-state index >= 15 is 0 Å². The Bertz CT molecular complexity index is 846. The quantitative estimate of drug-likeness (QED) is 0.644. The molecule has 1 aromatic carbocycles. The molecule has 2 aliphatic heterocycles. The van der Waals surface area contributed by atoms with Crippen LogP contribution in [0.2, 0.25) is 0 Å². The molecule has 1 saturated heterocycles. The number of hydrogen-bond acceptors (Lipinski definition) is 4. The normalized spacial score (nSPS) is 20.4. The Morgan fingerprint density at radius 2 is 2.10 bits per heavy atom. The van der Waals surface area contributed by atoms with Crippen molar-refractivity contribution >= 4 is 23.6 Å². The Morgan fingerprint density at radius 3 is 2.71 bits per heavy atom. The van der Waals surface area contributed by atoms with Gasteiger partial charge in [-0.3, -0.25) is 9.59 Å². The summed E-state index contributed by atoms with van der Waals surface area (Å²) in [7, 11) is 0. The van der Waals surface area contributed by atoms with Crippen molar-refractivity contribution in [1.29, 1.82) is 0 Å². The van der Waals surface area contributed by atoms with Gasteiger partial charge in [-0.25, -0.2) is 4.79 Å². The highest BCUT2D eigenvalue weighted by atomic mass is 16.4. The van der Waals surface area contributed by atoms with Gasteiger partial charge in [-0.1, -0.05) is 19.9 Å². The summed E-state index contributed by atoms with van der Waals surface area (Å²) in [6.45, 7) is 9.96. The first-order valence-corrected chi connectivity index (χ1v) is 11.1. The third-order valence-corrected chi connectivity index (χ3v) is 6.15. The van der Waals surface area contributed by atoms with E-state index in [-0.39, 0.29) is 37.0 Å². The maximum atomic E-state index is 13.5. The van der Waals surface area contributed by atoms with Crippen LogP contribution in [0.1, 0.15) is 56.5 Å². The zero-order valence-electron chi connectivity index (χ0n) is 18.9. The van der Waals surface area contributed by atoms with Crippen molar-refractivity contribution in [1.82, 2.24) is 15.5 Å². The van der Waals surface area contributed by atoms with E-state index in [1.807, 2.05) is 44.7 Å². The Morgan fingerprint density at radius 1 is 1.35 bits per heavy atom. The second-order valence-corrected chi connectivity index (χ2v) is 9.40. The third-order valence-electron chi connectivity index (χ3n) is 6.15. The van der Waals surface area contributed by atoms with Crippen molar-refractivity contribution < 1.29 is 19.5 Å². The molecule has 0 spiro atoms. The summed E-state index contributed by atoms with van der Waals surface area (Å²) in [5.74, 6) is -0.0959. The van der Waals surface area contributed by atoms with Gasteiger partial charge >= 0.3 is 6.09 Å². The Kier molecular flexibility index (Phi) is 6.89. The van der Waals surface area contributed by atoms with Gasteiger partial charge in [-0.15, -0.1) is 0 Å². The lowest BCUT2D eigenvalue weighted by Crippen LogP contribution is -2.52. The second-order valence-electron chi connectivity index (χ2n) is 9.40. The van der Waals surface area contributed by atoms with Gasteiger partial charge < -0.3 is 25.5 Å². The second kappa shape index (κ2) is 9.26. The van der Waals surface area contributed by atoms with E-state index < -0.39 is 11.5 Å². The summed E-state index contributed by atoms with van der Waals surface area (Å²) < 4.78 is 0. The summed E-state index contributed by atoms with van der Waals surface area (Å²) in [6.07, 6.45) is 1.47. The molecular formula is C23H34N4O4. The number of nitrogens with one attached hydrogen (secondary N) is 2. The molecule has 0 unspecified atom stereocenters. The van der Waals surface area contributed by atoms with E-state index in [1.54, 1.807) is 11.0 Å². The van der Waals surface area contributed by atoms with Crippen LogP contribution in [0.5, 0.6) is 0 Å². The van der Waals surface area contributed by atoms with Crippen molar-refractivity contribution in [3.63, 3.8) is 0 Å². The van der Waals surface area contributed by atoms with E-state index in [4.69, 9.17) is 5.11 Å². The van der Waals surface area contributed by atoms with Crippen LogP contribution in [-0.2, 0) is 11.2 Å². The monoisotopic (exact) mass is 430 g/mol. The average molecular weight is 431 g/mol. The summed E-state index contributed by atoms with van der Waals surface area (Å²) in [5.41, 5.74) is 1.67. The van der Waals surface area contributed by atoms with E-state index in [0.29, 0.717) is 17.7 Å². The Labute approximate surface area is 184 Å². The van der Waals surface area contributed by atoms with Gasteiger partial charge in [0.2, 0.25) is 5.91 Å². The SMILES string of the molecule is CC(C)N(C(=O)c1ccc2c(c1)N(CCNC(=O)O)C(=O)C(C)(C)C2)[C@@H]1CCCNC1. The molecule has 1 fully saturated rings. The van der Waals surface area contributed by atoms with Crippen molar-refractivity contribution in [2.75, 3.05) is 31.1 Å². The minimum Gasteiger partial charge on any atom is -0.465 e. The number of carbonyl (C=O) groups is 3. The zero-order chi connectivity index (χ0) is 22.8. The van der Waals surface area contributed by atoms with Gasteiger partial charge in [0.1, 0.15) is 0 Å². The molecular weight excluding hydrogens is 396 g/mol. The summed E-state index contributed by atoms with van der Waals surface area (Å²) in [5, 5.41) is 14.6. The first-order valence-electron chi connectivity index (χ1n) is 11.1. The lowest BCUT2D eigenvalue weighted by atomic mass is 9.80. The standard InChI is InChI=1S/C23H34N4O4/c1-15(2)27(18-6-5-9-24-14-18)20(28)16-7-8-17-13-23(3,4)21(29)26(19(17)12-16)11-10-25-22(30)31/h7-8,12,15,18,24-25H,5-6,9-11,13-14H2,1-4H3,(H,30,31)/t18-/m1/s1. The smallest absolute Gasteiger partial charge is 0.404 e. The van der Waals surface area contributed by atoms with Crippen LogP contribution in [0.4, 0.5) is 10.5 Å². The van der Waals surface area contributed by atoms with E-state index in [0.717, 1.165) is 31.5 Å². The van der Waals surface area contributed by atoms with Crippen LogP contribution >= 0.6 is 0 Å². The molecule has 31 heavy (non-hydrogen) atoms. The van der Waals surface area contributed by atoms with Crippen LogP contribution in [0, 0.1) is 5.41 Å². The molecule has 0 aromatic heterocycles. The van der Waals surface area contributed by atoms with E-state index in [1.165, 1.54) is 0 Å². The Hall–Kier alpha value is -2.61. The van der Waals surface area contributed by atoms with Gasteiger partial charge in [-0.2, -0.15) is 0 Å². The highest BCUT2D eigenvalue weighted by molar-refractivity contribution is 6.02. The number of nitrogens with zero attached hydrogens (tertiary/aromatic N) is 2. The molecule has 3 rings (SSSR count). The minimum atomic E-state index is -1.12. The van der Waals surface area contributed by atoms with Gasteiger partial charge in [-0.05, 0) is 57.4 Å². The number of benzene rings is 1. The predicted octanol–water partition coefficient (Wildman–Crippen LogP) is 2.47. The third kappa shape index (κ3) is 5.01. The first-order chi connectivity index (χ1) is 14.6. The molecule has 1 atom stereocenters. The number of carbonyl (C=O) groups excluding carboxylic acids is 2. The molecule has 0 radical (unpaired) electrons. The van der Waals surface area contributed by atoms with Crippen molar-refractivity contribution in [3.8, 4) is 0 Å². The highest BCUT2D eigenvalue weighted by Crippen LogP contribution is 2.38. The fourth-order valence-corrected chi connectivity index (χ4v) is 4.66. The maximum absolute atomic E-state index is 13.5. The molecule has 2 aliphatic rings. The molecule has 170 valence electrons. The number of hydrogen-bond donors (Lipinski definition) is 3. The van der Waals surface area contributed by atoms with E-state index in [2.05, 4.69) is 10.6 Å². The van der Waals surface area contributed by atoms with Gasteiger partial charge in [0.05, 0.1) is 0 Å². The van der Waals surface area contributed by atoms with Gasteiger partial charge in [0, 0.05) is 48.4 Å². The van der Waals surface area contributed by atoms with Crippen molar-refractivity contribution in [2.45, 2.75) is 59.0 Å². The lowest BCUT2D eigenvalue weighted by molar-refractivity contribution is -0.127. The number of fused-ring (bicyclic) bond motifs is 1. The van der Waals surface area contributed by atoms with Crippen LogP contribution in [0.15, 0.2) is 18.2 Å². The van der Waals surface area contributed by atoms with Crippen LogP contribution < -0.4 is 15.5 Å². The maximum Gasteiger partial charge on any atom is 0.404 e. The molecule has 0 bridgehead atoms. The molecule has 8 heteroatoms. The number of rotatable bonds is 6. The summed E-state index contributed by atoms with van der Waals surface area (Å²) >= 11 is 0. The fraction of sp³-hybridized carbons (Fsp3) is 0.609. The minimum absolute atomic E-state index is 0.0348. The number of anilines is 1. The fourth-order valence-electron chi connectivity index (χ4n) is 4.66. The zero-order valence-corrected chi connectivity index (χ0v) is 18.9. The van der Waals surface area contributed by atoms with E-state index in [9.17, 15) is 14.4 Å². The first kappa shape index (κ1) is 23.1. The molecule has 3 amide bonds. The lowest BCUT2D eigenvalue weighted by Gasteiger charge is -2.40. The van der Waals surface area contributed by atoms with Crippen LogP contribution in [0.3, 0.4) is 0 Å². The highest BCUT2D eigenvalue weighted by Gasteiger charge is 2.39. The molecule has 0 saturated carbocycles. The predicted molar refractivity (Wildman–Crippen MR) is 120 cm³/mol. The van der Waals surface area contributed by atoms with Crippen LogP contribution in [0.25, 0.3) is 0 Å². The number of carboxylic acid groups (broad SMARTS) is 1. The topological polar surface area (TPSA) is 102 Å². The van der Waals surface area contributed by atoms with Crippen molar-refractivity contribution in [2.24, 2.45) is 5.41 Å². The number of piperidine rings is 1. The largest absolute Gasteiger partial charge is 0.465 e.